The Balaban J connectivity index is 2.33. The predicted molar refractivity (Wildman–Crippen MR) is 70.0 cm³/mol. The van der Waals surface area contributed by atoms with Crippen LogP contribution in [0, 0.1) is 0 Å². The highest BCUT2D eigenvalue weighted by Crippen LogP contribution is 2.34. The van der Waals surface area contributed by atoms with Crippen molar-refractivity contribution >= 4 is 40.8 Å². The van der Waals surface area contributed by atoms with Crippen LogP contribution in [0.5, 0.6) is 0 Å². The first kappa shape index (κ1) is 12.4. The molecule has 1 N–H and O–H groups in total. The molecule has 0 unspecified atom stereocenters. The largest absolute Gasteiger partial charge is 0.372 e. The molecular weight excluding hydrogens is 279 g/mol. The summed E-state index contributed by atoms with van der Waals surface area (Å²) in [6.07, 6.45) is 3.14. The van der Waals surface area contributed by atoms with Crippen molar-refractivity contribution in [3.05, 3.63) is 34.7 Å². The molecule has 2 aromatic heterocycles. The molecule has 0 fully saturated rings. The summed E-state index contributed by atoms with van der Waals surface area (Å²) in [6.45, 7) is 0. The van der Waals surface area contributed by atoms with Crippen molar-refractivity contribution in [2.24, 2.45) is 0 Å². The average molecular weight is 287 g/mol. The van der Waals surface area contributed by atoms with Crippen molar-refractivity contribution in [3.8, 4) is 0 Å². The molecule has 4 nitrogen and oxygen atoms in total. The highest BCUT2D eigenvalue weighted by Gasteiger charge is 2.10. The summed E-state index contributed by atoms with van der Waals surface area (Å²) in [5.74, 6) is 0.590. The van der Waals surface area contributed by atoms with Crippen molar-refractivity contribution in [2.45, 2.75) is 10.1 Å². The Hall–Kier alpha value is -1.04. The zero-order chi connectivity index (χ0) is 12.3. The monoisotopic (exact) mass is 286 g/mol. The molecule has 88 valence electrons. The fourth-order valence-corrected chi connectivity index (χ4v) is 2.42. The number of pyridine rings is 1. The van der Waals surface area contributed by atoms with E-state index in [4.69, 9.17) is 23.2 Å². The van der Waals surface area contributed by atoms with Crippen LogP contribution in [0.3, 0.4) is 0 Å². The Morgan fingerprint density at radius 2 is 2.12 bits per heavy atom. The first-order valence-electron chi connectivity index (χ1n) is 4.68. The number of hydrogen-bond acceptors (Lipinski definition) is 5. The van der Waals surface area contributed by atoms with E-state index in [1.165, 1.54) is 18.1 Å². The van der Waals surface area contributed by atoms with Gasteiger partial charge in [-0.3, -0.25) is 0 Å². The lowest BCUT2D eigenvalue weighted by atomic mass is 10.4. The van der Waals surface area contributed by atoms with Crippen LogP contribution in [0.25, 0.3) is 0 Å². The Morgan fingerprint density at radius 1 is 1.29 bits per heavy atom. The molecule has 0 saturated heterocycles. The molecule has 17 heavy (non-hydrogen) atoms. The van der Waals surface area contributed by atoms with Gasteiger partial charge in [-0.25, -0.2) is 15.0 Å². The van der Waals surface area contributed by atoms with Gasteiger partial charge >= 0.3 is 0 Å². The molecule has 2 aromatic rings. The predicted octanol–water partition coefficient (Wildman–Crippen LogP) is 3.37. The standard InChI is InChI=1S/C10H8Cl2N4S/c1-13-9-6(11)4-7(12)10(16-9)17-8-2-3-14-5-15-8/h2-5H,1H3,(H,13,16). The molecule has 0 bridgehead atoms. The summed E-state index contributed by atoms with van der Waals surface area (Å²) in [5.41, 5.74) is 0. The molecule has 0 spiro atoms. The SMILES string of the molecule is CNc1nc(Sc2ccncn2)c(Cl)cc1Cl. The Morgan fingerprint density at radius 3 is 2.76 bits per heavy atom. The first-order chi connectivity index (χ1) is 8.20. The fourth-order valence-electron chi connectivity index (χ4n) is 1.13. The van der Waals surface area contributed by atoms with Crippen molar-refractivity contribution < 1.29 is 0 Å². The second kappa shape index (κ2) is 5.53. The molecule has 0 amide bonds. The molecule has 7 heteroatoms. The maximum absolute atomic E-state index is 6.07. The number of nitrogens with one attached hydrogen (secondary N) is 1. The van der Waals surface area contributed by atoms with Gasteiger partial charge in [-0.15, -0.1) is 0 Å². The molecule has 0 atom stereocenters. The Bertz CT molecular complexity index is 521. The molecular formula is C10H8Cl2N4S. The third kappa shape index (κ3) is 3.00. The smallest absolute Gasteiger partial charge is 0.146 e. The fraction of sp³-hybridized carbons (Fsp3) is 0.100. The van der Waals surface area contributed by atoms with E-state index in [9.17, 15) is 0 Å². The zero-order valence-electron chi connectivity index (χ0n) is 8.82. The van der Waals surface area contributed by atoms with Gasteiger partial charge in [0.1, 0.15) is 22.2 Å². The Kier molecular flexibility index (Phi) is 4.04. The highest BCUT2D eigenvalue weighted by molar-refractivity contribution is 7.99. The number of nitrogens with zero attached hydrogens (tertiary/aromatic N) is 3. The van der Waals surface area contributed by atoms with Crippen LogP contribution in [0.4, 0.5) is 5.82 Å². The molecule has 0 aliphatic heterocycles. The topological polar surface area (TPSA) is 50.7 Å². The van der Waals surface area contributed by atoms with E-state index in [-0.39, 0.29) is 0 Å². The van der Waals surface area contributed by atoms with E-state index in [0.29, 0.717) is 20.9 Å². The van der Waals surface area contributed by atoms with Gasteiger partial charge in [0.25, 0.3) is 0 Å². The van der Waals surface area contributed by atoms with Gasteiger partial charge in [0.15, 0.2) is 0 Å². The van der Waals surface area contributed by atoms with Gasteiger partial charge in [-0.05, 0) is 23.9 Å². The zero-order valence-corrected chi connectivity index (χ0v) is 11.1. The second-order valence-corrected chi connectivity index (χ2v) is 4.83. The van der Waals surface area contributed by atoms with E-state index in [0.717, 1.165) is 5.03 Å². The highest BCUT2D eigenvalue weighted by atomic mass is 35.5. The Labute approximate surface area is 113 Å². The number of halogens is 2. The summed E-state index contributed by atoms with van der Waals surface area (Å²) >= 11 is 13.4. The summed E-state index contributed by atoms with van der Waals surface area (Å²) in [7, 11) is 1.75. The maximum atomic E-state index is 6.07. The van der Waals surface area contributed by atoms with E-state index in [1.54, 1.807) is 25.4 Å². The minimum absolute atomic E-state index is 0.490. The van der Waals surface area contributed by atoms with Gasteiger partial charge in [0, 0.05) is 13.2 Å². The van der Waals surface area contributed by atoms with Gasteiger partial charge in [-0.1, -0.05) is 23.2 Å². The van der Waals surface area contributed by atoms with Crippen LogP contribution in [-0.4, -0.2) is 22.0 Å². The molecule has 2 heterocycles. The third-order valence-corrected chi connectivity index (χ3v) is 3.53. The lowest BCUT2D eigenvalue weighted by Gasteiger charge is -2.07. The van der Waals surface area contributed by atoms with Gasteiger partial charge in [-0.2, -0.15) is 0 Å². The molecule has 0 aliphatic carbocycles. The van der Waals surface area contributed by atoms with Gasteiger partial charge < -0.3 is 5.32 Å². The third-order valence-electron chi connectivity index (χ3n) is 1.89. The number of anilines is 1. The summed E-state index contributed by atoms with van der Waals surface area (Å²) < 4.78 is 0. The molecule has 0 saturated carbocycles. The van der Waals surface area contributed by atoms with E-state index >= 15 is 0 Å². The summed E-state index contributed by atoms with van der Waals surface area (Å²) in [6, 6.07) is 3.45. The van der Waals surface area contributed by atoms with Crippen molar-refractivity contribution in [1.82, 2.24) is 15.0 Å². The first-order valence-corrected chi connectivity index (χ1v) is 6.25. The van der Waals surface area contributed by atoms with Crippen molar-refractivity contribution in [3.63, 3.8) is 0 Å². The van der Waals surface area contributed by atoms with Crippen LogP contribution in [0.1, 0.15) is 0 Å². The minimum Gasteiger partial charge on any atom is -0.372 e. The van der Waals surface area contributed by atoms with E-state index < -0.39 is 0 Å². The lowest BCUT2D eigenvalue weighted by molar-refractivity contribution is 1.04. The van der Waals surface area contributed by atoms with Gasteiger partial charge in [0.2, 0.25) is 0 Å². The molecule has 2 rings (SSSR count). The van der Waals surface area contributed by atoms with Crippen LogP contribution < -0.4 is 5.32 Å². The molecule has 0 aromatic carbocycles. The van der Waals surface area contributed by atoms with E-state index in [2.05, 4.69) is 20.3 Å². The van der Waals surface area contributed by atoms with E-state index in [1.807, 2.05) is 0 Å². The van der Waals surface area contributed by atoms with Crippen LogP contribution in [-0.2, 0) is 0 Å². The number of aromatic nitrogens is 3. The quantitative estimate of drug-likeness (QED) is 0.877. The minimum atomic E-state index is 0.490. The molecule has 0 aliphatic rings. The average Bonchev–Trinajstić information content (AvgIpc) is 2.34. The molecule has 0 radical (unpaired) electrons. The second-order valence-electron chi connectivity index (χ2n) is 3.01. The van der Waals surface area contributed by atoms with Crippen molar-refractivity contribution in [2.75, 3.05) is 12.4 Å². The number of rotatable bonds is 3. The van der Waals surface area contributed by atoms with Crippen LogP contribution in [0.15, 0.2) is 34.7 Å². The normalized spacial score (nSPS) is 10.3. The van der Waals surface area contributed by atoms with Crippen LogP contribution in [0.2, 0.25) is 10.0 Å². The maximum Gasteiger partial charge on any atom is 0.146 e. The summed E-state index contributed by atoms with van der Waals surface area (Å²) in [5, 5.41) is 5.32. The van der Waals surface area contributed by atoms with Crippen LogP contribution >= 0.6 is 35.0 Å². The lowest BCUT2D eigenvalue weighted by Crippen LogP contribution is -1.95. The number of hydrogen-bond donors (Lipinski definition) is 1. The van der Waals surface area contributed by atoms with Gasteiger partial charge in [0.05, 0.1) is 10.0 Å². The summed E-state index contributed by atoms with van der Waals surface area (Å²) in [4.78, 5) is 12.3. The van der Waals surface area contributed by atoms with Crippen molar-refractivity contribution in [1.29, 1.82) is 0 Å².